The fourth-order valence-electron chi connectivity index (χ4n) is 2.91. The standard InChI is InChI=1S/C15H24N2OS.ClH/c1-10-9-13(12(3)19-10)11(2)17-14(18)15(16)7-5-4-6-8-15;/h9,11H,4-8,16H2,1-3H3,(H,17,18);1H. The smallest absolute Gasteiger partial charge is 0.240 e. The van der Waals surface area contributed by atoms with Gasteiger partial charge < -0.3 is 11.1 Å². The molecule has 20 heavy (non-hydrogen) atoms. The topological polar surface area (TPSA) is 55.1 Å². The molecule has 1 aromatic rings. The maximum Gasteiger partial charge on any atom is 0.240 e. The Hall–Kier alpha value is -0.580. The fraction of sp³-hybridized carbons (Fsp3) is 0.667. The van der Waals surface area contributed by atoms with Crippen molar-refractivity contribution in [3.05, 3.63) is 21.4 Å². The molecule has 114 valence electrons. The van der Waals surface area contributed by atoms with Gasteiger partial charge in [0.25, 0.3) is 0 Å². The van der Waals surface area contributed by atoms with Gasteiger partial charge in [0.1, 0.15) is 0 Å². The highest BCUT2D eigenvalue weighted by molar-refractivity contribution is 7.12. The lowest BCUT2D eigenvalue weighted by molar-refractivity contribution is -0.128. The number of thiophene rings is 1. The molecule has 1 atom stereocenters. The number of nitrogens with two attached hydrogens (primary N) is 1. The molecule has 1 aliphatic rings. The van der Waals surface area contributed by atoms with Crippen LogP contribution >= 0.6 is 23.7 Å². The first-order valence-electron chi connectivity index (χ1n) is 7.09. The Morgan fingerprint density at radius 2 is 1.95 bits per heavy atom. The van der Waals surface area contributed by atoms with Gasteiger partial charge in [0.15, 0.2) is 0 Å². The quantitative estimate of drug-likeness (QED) is 0.894. The fourth-order valence-corrected chi connectivity index (χ4v) is 3.93. The van der Waals surface area contributed by atoms with Crippen LogP contribution in [0.5, 0.6) is 0 Å². The second kappa shape index (κ2) is 6.92. The molecule has 1 aromatic heterocycles. The van der Waals surface area contributed by atoms with Crippen molar-refractivity contribution in [3.63, 3.8) is 0 Å². The molecule has 0 spiro atoms. The van der Waals surface area contributed by atoms with Gasteiger partial charge in [-0.05, 0) is 45.2 Å². The molecule has 0 radical (unpaired) electrons. The highest BCUT2D eigenvalue weighted by Gasteiger charge is 2.35. The number of halogens is 1. The zero-order valence-electron chi connectivity index (χ0n) is 12.5. The molecule has 1 heterocycles. The number of nitrogens with one attached hydrogen (secondary N) is 1. The Morgan fingerprint density at radius 1 is 1.35 bits per heavy atom. The number of rotatable bonds is 3. The molecule has 2 rings (SSSR count). The van der Waals surface area contributed by atoms with Crippen LogP contribution in [-0.2, 0) is 4.79 Å². The lowest BCUT2D eigenvalue weighted by Gasteiger charge is -2.33. The Labute approximate surface area is 131 Å². The predicted molar refractivity (Wildman–Crippen MR) is 87.6 cm³/mol. The van der Waals surface area contributed by atoms with Crippen molar-refractivity contribution in [2.24, 2.45) is 5.73 Å². The van der Waals surface area contributed by atoms with Crippen LogP contribution in [0.15, 0.2) is 6.07 Å². The highest BCUT2D eigenvalue weighted by atomic mass is 35.5. The van der Waals surface area contributed by atoms with E-state index in [9.17, 15) is 4.79 Å². The summed E-state index contributed by atoms with van der Waals surface area (Å²) in [5.74, 6) is 0.0166. The summed E-state index contributed by atoms with van der Waals surface area (Å²) in [7, 11) is 0. The van der Waals surface area contributed by atoms with Crippen molar-refractivity contribution in [1.82, 2.24) is 5.32 Å². The lowest BCUT2D eigenvalue weighted by atomic mass is 9.81. The molecule has 0 saturated heterocycles. The molecular formula is C15H25ClN2OS. The molecule has 1 fully saturated rings. The van der Waals surface area contributed by atoms with Crippen LogP contribution in [0.25, 0.3) is 0 Å². The van der Waals surface area contributed by atoms with Crippen LogP contribution in [0.2, 0.25) is 0 Å². The van der Waals surface area contributed by atoms with Crippen molar-refractivity contribution in [3.8, 4) is 0 Å². The molecule has 3 nitrogen and oxygen atoms in total. The molecule has 3 N–H and O–H groups in total. The lowest BCUT2D eigenvalue weighted by Crippen LogP contribution is -2.55. The third kappa shape index (κ3) is 3.74. The zero-order valence-corrected chi connectivity index (χ0v) is 14.1. The molecular weight excluding hydrogens is 292 g/mol. The first-order valence-corrected chi connectivity index (χ1v) is 7.91. The number of carbonyl (C=O) groups is 1. The molecule has 1 unspecified atom stereocenters. The summed E-state index contributed by atoms with van der Waals surface area (Å²) in [4.78, 5) is 15.0. The SMILES string of the molecule is Cc1cc(C(C)NC(=O)C2(N)CCCCC2)c(C)s1.Cl. The second-order valence-electron chi connectivity index (χ2n) is 5.78. The van der Waals surface area contributed by atoms with Gasteiger partial charge in [-0.25, -0.2) is 0 Å². The average molecular weight is 317 g/mol. The highest BCUT2D eigenvalue weighted by Crippen LogP contribution is 2.29. The van der Waals surface area contributed by atoms with Crippen molar-refractivity contribution in [2.45, 2.75) is 64.5 Å². The maximum atomic E-state index is 12.4. The molecule has 1 amide bonds. The van der Waals surface area contributed by atoms with Gasteiger partial charge in [0, 0.05) is 9.75 Å². The summed E-state index contributed by atoms with van der Waals surface area (Å²) >= 11 is 1.78. The molecule has 0 aromatic carbocycles. The number of aryl methyl sites for hydroxylation is 2. The van der Waals surface area contributed by atoms with Crippen LogP contribution in [0.3, 0.4) is 0 Å². The maximum absolute atomic E-state index is 12.4. The number of carbonyl (C=O) groups excluding carboxylic acids is 1. The predicted octanol–water partition coefficient (Wildman–Crippen LogP) is 3.63. The molecule has 0 aliphatic heterocycles. The van der Waals surface area contributed by atoms with Gasteiger partial charge in [-0.2, -0.15) is 0 Å². The van der Waals surface area contributed by atoms with Crippen molar-refractivity contribution < 1.29 is 4.79 Å². The van der Waals surface area contributed by atoms with Gasteiger partial charge in [-0.3, -0.25) is 4.79 Å². The van der Waals surface area contributed by atoms with Crippen LogP contribution in [0.1, 0.15) is 60.4 Å². The van der Waals surface area contributed by atoms with E-state index < -0.39 is 5.54 Å². The van der Waals surface area contributed by atoms with Crippen molar-refractivity contribution in [2.75, 3.05) is 0 Å². The third-order valence-electron chi connectivity index (χ3n) is 4.09. The van der Waals surface area contributed by atoms with E-state index in [1.807, 2.05) is 6.92 Å². The first kappa shape index (κ1) is 17.5. The molecule has 1 aliphatic carbocycles. The van der Waals surface area contributed by atoms with Crippen LogP contribution in [0.4, 0.5) is 0 Å². The number of hydrogen-bond donors (Lipinski definition) is 2. The van der Waals surface area contributed by atoms with Gasteiger partial charge in [-0.1, -0.05) is 19.3 Å². The second-order valence-corrected chi connectivity index (χ2v) is 7.24. The van der Waals surface area contributed by atoms with E-state index in [0.717, 1.165) is 25.7 Å². The van der Waals surface area contributed by atoms with Crippen molar-refractivity contribution in [1.29, 1.82) is 0 Å². The largest absolute Gasteiger partial charge is 0.348 e. The van der Waals surface area contributed by atoms with E-state index in [2.05, 4.69) is 25.2 Å². The third-order valence-corrected chi connectivity index (χ3v) is 5.07. The minimum absolute atomic E-state index is 0. The van der Waals surface area contributed by atoms with Gasteiger partial charge in [-0.15, -0.1) is 23.7 Å². The molecule has 1 saturated carbocycles. The Bertz CT molecular complexity index is 466. The Morgan fingerprint density at radius 3 is 2.45 bits per heavy atom. The summed E-state index contributed by atoms with van der Waals surface area (Å²) in [5.41, 5.74) is 6.83. The Balaban J connectivity index is 0.00000200. The van der Waals surface area contributed by atoms with E-state index in [-0.39, 0.29) is 24.4 Å². The minimum atomic E-state index is -0.647. The van der Waals surface area contributed by atoms with Gasteiger partial charge in [0.05, 0.1) is 11.6 Å². The summed E-state index contributed by atoms with van der Waals surface area (Å²) in [5, 5.41) is 3.10. The summed E-state index contributed by atoms with van der Waals surface area (Å²) in [6, 6.07) is 2.20. The van der Waals surface area contributed by atoms with E-state index in [0.29, 0.717) is 0 Å². The van der Waals surface area contributed by atoms with Crippen LogP contribution in [-0.4, -0.2) is 11.4 Å². The molecule has 0 bridgehead atoms. The minimum Gasteiger partial charge on any atom is -0.348 e. The van der Waals surface area contributed by atoms with Crippen LogP contribution in [0, 0.1) is 13.8 Å². The normalized spacial score (nSPS) is 19.0. The monoisotopic (exact) mass is 316 g/mol. The van der Waals surface area contributed by atoms with Crippen LogP contribution < -0.4 is 11.1 Å². The van der Waals surface area contributed by atoms with E-state index in [4.69, 9.17) is 5.73 Å². The number of hydrogen-bond acceptors (Lipinski definition) is 3. The number of amides is 1. The van der Waals surface area contributed by atoms with E-state index >= 15 is 0 Å². The van der Waals surface area contributed by atoms with Gasteiger partial charge in [0.2, 0.25) is 5.91 Å². The van der Waals surface area contributed by atoms with Crippen molar-refractivity contribution >= 4 is 29.7 Å². The average Bonchev–Trinajstić information content (AvgIpc) is 2.69. The van der Waals surface area contributed by atoms with E-state index in [1.54, 1.807) is 11.3 Å². The summed E-state index contributed by atoms with van der Waals surface area (Å²) in [6.45, 7) is 6.24. The zero-order chi connectivity index (χ0) is 14.0. The van der Waals surface area contributed by atoms with Gasteiger partial charge >= 0.3 is 0 Å². The first-order chi connectivity index (χ1) is 8.92. The molecule has 5 heteroatoms. The summed E-state index contributed by atoms with van der Waals surface area (Å²) < 4.78 is 0. The Kier molecular flexibility index (Phi) is 6.05. The van der Waals surface area contributed by atoms with E-state index in [1.165, 1.54) is 21.7 Å². The summed E-state index contributed by atoms with van der Waals surface area (Å²) in [6.07, 6.45) is 4.95.